The Hall–Kier alpha value is -3.79. The monoisotopic (exact) mass is 477 g/mol. The highest BCUT2D eigenvalue weighted by atomic mass is 32.2. The third-order valence-corrected chi connectivity index (χ3v) is 7.47. The largest absolute Gasteiger partial charge is 0.355 e. The molecule has 1 saturated heterocycles. The third kappa shape index (κ3) is 4.01. The number of piperidine rings is 1. The van der Waals surface area contributed by atoms with E-state index in [0.717, 1.165) is 6.42 Å². The van der Waals surface area contributed by atoms with E-state index in [1.54, 1.807) is 72.5 Å². The molecule has 174 valence electrons. The first kappa shape index (κ1) is 22.0. The van der Waals surface area contributed by atoms with Crippen LogP contribution in [0.25, 0.3) is 0 Å². The molecule has 0 radical (unpaired) electrons. The Labute approximate surface area is 197 Å². The van der Waals surface area contributed by atoms with E-state index in [1.165, 1.54) is 0 Å². The van der Waals surface area contributed by atoms with Crippen LogP contribution in [0, 0.1) is 5.92 Å². The first-order valence-electron chi connectivity index (χ1n) is 11.0. The van der Waals surface area contributed by atoms with Gasteiger partial charge in [0, 0.05) is 49.3 Å². The number of carbonyl (C=O) groups excluding carboxylic acids is 2. The van der Waals surface area contributed by atoms with Gasteiger partial charge in [0.2, 0.25) is 11.7 Å². The fourth-order valence-electron chi connectivity index (χ4n) is 4.36. The van der Waals surface area contributed by atoms with Crippen molar-refractivity contribution in [1.29, 1.82) is 0 Å². The van der Waals surface area contributed by atoms with Gasteiger partial charge in [-0.3, -0.25) is 9.59 Å². The Morgan fingerprint density at radius 1 is 1.09 bits per heavy atom. The number of imidazole rings is 1. The summed E-state index contributed by atoms with van der Waals surface area (Å²) in [5, 5.41) is 2.91. The van der Waals surface area contributed by atoms with Gasteiger partial charge in [0.25, 0.3) is 10.0 Å². The van der Waals surface area contributed by atoms with Crippen LogP contribution in [-0.2, 0) is 21.9 Å². The summed E-state index contributed by atoms with van der Waals surface area (Å²) >= 11 is 0. The Morgan fingerprint density at radius 3 is 2.59 bits per heavy atom. The van der Waals surface area contributed by atoms with Gasteiger partial charge in [-0.05, 0) is 49.2 Å². The molecule has 3 aromatic rings. The Kier molecular flexibility index (Phi) is 5.52. The number of aryl methyl sites for hydroxylation is 1. The van der Waals surface area contributed by atoms with E-state index in [-0.39, 0.29) is 22.5 Å². The van der Waals surface area contributed by atoms with Gasteiger partial charge in [0.1, 0.15) is 4.90 Å². The molecule has 0 aliphatic carbocycles. The van der Waals surface area contributed by atoms with Crippen molar-refractivity contribution in [3.63, 3.8) is 0 Å². The summed E-state index contributed by atoms with van der Waals surface area (Å²) in [4.78, 5) is 31.7. The van der Waals surface area contributed by atoms with E-state index in [2.05, 4.69) is 14.7 Å². The summed E-state index contributed by atoms with van der Waals surface area (Å²) < 4.78 is 30.5. The third-order valence-electron chi connectivity index (χ3n) is 6.14. The molecule has 0 saturated carbocycles. The minimum Gasteiger partial charge on any atom is -0.355 e. The van der Waals surface area contributed by atoms with Crippen LogP contribution in [0.5, 0.6) is 0 Å². The van der Waals surface area contributed by atoms with Crippen LogP contribution in [0.2, 0.25) is 0 Å². The predicted octanol–water partition coefficient (Wildman–Crippen LogP) is 2.45. The molecule has 2 aliphatic heterocycles. The van der Waals surface area contributed by atoms with Gasteiger partial charge in [0.05, 0.1) is 5.92 Å². The van der Waals surface area contributed by atoms with Crippen LogP contribution in [0.3, 0.4) is 0 Å². The minimum absolute atomic E-state index is 0.150. The highest BCUT2D eigenvalue weighted by Gasteiger charge is 2.35. The first-order valence-corrected chi connectivity index (χ1v) is 12.4. The van der Waals surface area contributed by atoms with Crippen molar-refractivity contribution in [2.45, 2.75) is 17.7 Å². The molecule has 1 fully saturated rings. The summed E-state index contributed by atoms with van der Waals surface area (Å²) in [6.07, 6.45) is 4.72. The van der Waals surface area contributed by atoms with Crippen molar-refractivity contribution in [3.05, 3.63) is 77.9 Å². The number of sulfonamides is 1. The number of nitrogens with zero attached hydrogens (tertiary/aromatic N) is 4. The minimum atomic E-state index is -3.71. The smallest absolute Gasteiger partial charge is 0.285 e. The molecule has 34 heavy (non-hydrogen) atoms. The van der Waals surface area contributed by atoms with E-state index in [0.29, 0.717) is 48.0 Å². The average Bonchev–Trinajstić information content (AvgIpc) is 3.39. The van der Waals surface area contributed by atoms with Gasteiger partial charge in [-0.1, -0.05) is 12.1 Å². The first-order chi connectivity index (χ1) is 16.3. The molecule has 10 heteroatoms. The quantitative estimate of drug-likeness (QED) is 0.578. The number of fused-ring (bicyclic) bond motifs is 1. The van der Waals surface area contributed by atoms with Crippen molar-refractivity contribution in [1.82, 2.24) is 14.5 Å². The molecule has 1 aromatic heterocycles. The molecule has 1 atom stereocenters. The van der Waals surface area contributed by atoms with Gasteiger partial charge in [-0.25, -0.2) is 4.98 Å². The zero-order chi connectivity index (χ0) is 23.9. The van der Waals surface area contributed by atoms with E-state index in [4.69, 9.17) is 0 Å². The van der Waals surface area contributed by atoms with Crippen LogP contribution in [0.4, 0.5) is 5.69 Å². The number of anilines is 1. The number of ketones is 1. The number of carbonyl (C=O) groups is 2. The lowest BCUT2D eigenvalue weighted by molar-refractivity contribution is -0.121. The second-order valence-corrected chi connectivity index (χ2v) is 10.0. The normalized spacial score (nSPS) is 18.8. The highest BCUT2D eigenvalue weighted by molar-refractivity contribution is 7.90. The number of amides is 1. The Morgan fingerprint density at radius 2 is 1.85 bits per heavy atom. The van der Waals surface area contributed by atoms with Crippen LogP contribution < -0.4 is 5.32 Å². The number of amidine groups is 1. The lowest BCUT2D eigenvalue weighted by atomic mass is 9.96. The van der Waals surface area contributed by atoms with Crippen molar-refractivity contribution in [2.75, 3.05) is 18.4 Å². The van der Waals surface area contributed by atoms with Gasteiger partial charge >= 0.3 is 0 Å². The molecule has 0 spiro atoms. The summed E-state index contributed by atoms with van der Waals surface area (Å²) in [6.45, 7) is 1.01. The summed E-state index contributed by atoms with van der Waals surface area (Å²) in [6, 6.07) is 13.5. The molecule has 9 nitrogen and oxygen atoms in total. The number of likely N-dealkylation sites (tertiary alicyclic amines) is 1. The van der Waals surface area contributed by atoms with Crippen molar-refractivity contribution < 1.29 is 18.0 Å². The second kappa shape index (κ2) is 8.53. The molecule has 1 amide bonds. The zero-order valence-corrected chi connectivity index (χ0v) is 19.3. The molecule has 3 heterocycles. The summed E-state index contributed by atoms with van der Waals surface area (Å²) in [7, 11) is -1.95. The molecule has 1 N–H and O–H groups in total. The Bertz CT molecular complexity index is 1410. The molecule has 2 aromatic carbocycles. The topological polar surface area (TPSA) is 114 Å². The number of nitrogens with one attached hydrogen (secondary N) is 1. The Balaban J connectivity index is 1.27. The number of rotatable bonds is 4. The van der Waals surface area contributed by atoms with E-state index in [1.807, 2.05) is 4.90 Å². The number of hydrogen-bond acceptors (Lipinski definition) is 6. The van der Waals surface area contributed by atoms with Crippen molar-refractivity contribution >= 4 is 33.2 Å². The van der Waals surface area contributed by atoms with Crippen molar-refractivity contribution in [3.8, 4) is 0 Å². The van der Waals surface area contributed by atoms with E-state index < -0.39 is 10.0 Å². The zero-order valence-electron chi connectivity index (χ0n) is 18.5. The van der Waals surface area contributed by atoms with Crippen LogP contribution >= 0.6 is 0 Å². The maximum Gasteiger partial charge on any atom is 0.285 e. The standard InChI is InChI=1S/C24H23N5O4S/c1-28-14-12-25-23(28)21(30)16-8-10-18(11-9-16)26-24(31)17-5-4-13-29(15-17)22-19-6-2-3-7-20(19)34(32,33)27-22/h2-3,6-12,14,17H,4-5,13,15H2,1H3,(H,26,31)/t17-/m0/s1. The molecule has 5 rings (SSSR count). The van der Waals surface area contributed by atoms with Crippen LogP contribution in [0.1, 0.15) is 34.6 Å². The van der Waals surface area contributed by atoms with Gasteiger partial charge in [-0.15, -0.1) is 4.40 Å². The average molecular weight is 478 g/mol. The number of aromatic nitrogens is 2. The highest BCUT2D eigenvalue weighted by Crippen LogP contribution is 2.30. The summed E-state index contributed by atoms with van der Waals surface area (Å²) in [5.41, 5.74) is 1.65. The van der Waals surface area contributed by atoms with Gasteiger partial charge in [-0.2, -0.15) is 8.42 Å². The van der Waals surface area contributed by atoms with Gasteiger partial charge in [0.15, 0.2) is 11.7 Å². The molecule has 2 aliphatic rings. The number of benzene rings is 2. The molecular weight excluding hydrogens is 454 g/mol. The second-order valence-electron chi connectivity index (χ2n) is 8.43. The van der Waals surface area contributed by atoms with Gasteiger partial charge < -0.3 is 14.8 Å². The lowest BCUT2D eigenvalue weighted by Crippen LogP contribution is -2.43. The maximum atomic E-state index is 13.0. The van der Waals surface area contributed by atoms with E-state index in [9.17, 15) is 18.0 Å². The van der Waals surface area contributed by atoms with Crippen LogP contribution in [-0.4, -0.2) is 53.5 Å². The SMILES string of the molecule is Cn1ccnc1C(=O)c1ccc(NC(=O)[C@H]2CCCN(C3=NS(=O)(=O)c4ccccc43)C2)cc1. The van der Waals surface area contributed by atoms with Crippen LogP contribution in [0.15, 0.2) is 70.2 Å². The fraction of sp³-hybridized carbons (Fsp3) is 0.250. The fourth-order valence-corrected chi connectivity index (χ4v) is 5.59. The molecule has 0 bridgehead atoms. The maximum absolute atomic E-state index is 13.0. The van der Waals surface area contributed by atoms with Crippen molar-refractivity contribution in [2.24, 2.45) is 17.4 Å². The summed E-state index contributed by atoms with van der Waals surface area (Å²) in [5.74, 6) is 0.0898. The molecular formula is C24H23N5O4S. The predicted molar refractivity (Wildman–Crippen MR) is 126 cm³/mol. The molecule has 0 unspecified atom stereocenters. The number of hydrogen-bond donors (Lipinski definition) is 1. The van der Waals surface area contributed by atoms with E-state index >= 15 is 0 Å². The lowest BCUT2D eigenvalue weighted by Gasteiger charge is -2.33.